The summed E-state index contributed by atoms with van der Waals surface area (Å²) in [6.07, 6.45) is 5.49. The van der Waals surface area contributed by atoms with E-state index in [1.807, 2.05) is 174 Å². The van der Waals surface area contributed by atoms with Crippen LogP contribution in [0.5, 0.6) is 11.5 Å². The lowest BCUT2D eigenvalue weighted by Gasteiger charge is -2.26. The van der Waals surface area contributed by atoms with Crippen LogP contribution in [0.3, 0.4) is 0 Å². The molecule has 21 rings (SSSR count). The molecule has 0 radical (unpaired) electrons. The van der Waals surface area contributed by atoms with Crippen LogP contribution in [0, 0.1) is 20.8 Å². The summed E-state index contributed by atoms with van der Waals surface area (Å²) in [7, 11) is 4.06. The molecule has 20 aromatic rings. The third kappa shape index (κ3) is 20.3. The third-order valence-electron chi connectivity index (χ3n) is 22.3. The topological polar surface area (TPSA) is 412 Å². The number of carbonyl (C=O) groups is 1. The lowest BCUT2D eigenvalue weighted by Crippen LogP contribution is -2.40. The normalized spacial score (nSPS) is 12.3. The second-order valence-electron chi connectivity index (χ2n) is 33.6. The Balaban J connectivity index is 0.000000114. The Morgan fingerprint density at radius 1 is 0.438 bits per heavy atom. The maximum Gasteiger partial charge on any atom is 0.251 e. The van der Waals surface area contributed by atoms with Crippen LogP contribution in [0.1, 0.15) is 81.2 Å². The van der Waals surface area contributed by atoms with Crippen LogP contribution in [0.15, 0.2) is 236 Å². The van der Waals surface area contributed by atoms with Crippen molar-refractivity contribution in [1.82, 2.24) is 137 Å². The van der Waals surface area contributed by atoms with Gasteiger partial charge in [-0.2, -0.15) is 45.9 Å². The molecular weight excluding hydrogens is 1640 g/mol. The fourth-order valence-corrected chi connectivity index (χ4v) is 14.7. The molecule has 1 amide bonds. The molecule has 0 saturated carbocycles. The number of H-pyrrole nitrogens is 9. The summed E-state index contributed by atoms with van der Waals surface area (Å²) >= 11 is 0. The number of nitrogens with one attached hydrogen (secondary N) is 10. The monoisotopic (exact) mass is 1730 g/mol. The predicted molar refractivity (Wildman–Crippen MR) is 504 cm³/mol. The Labute approximate surface area is 747 Å². The highest BCUT2D eigenvalue weighted by atomic mass is 16.5. The molecule has 0 aliphatic carbocycles. The van der Waals surface area contributed by atoms with E-state index in [9.17, 15) is 4.79 Å². The van der Waals surface area contributed by atoms with E-state index in [0.717, 1.165) is 219 Å². The summed E-state index contributed by atoms with van der Waals surface area (Å²) in [6, 6.07) is 70.5. The first-order valence-electron chi connectivity index (χ1n) is 42.9. The van der Waals surface area contributed by atoms with Crippen molar-refractivity contribution in [2.45, 2.75) is 79.7 Å². The lowest BCUT2D eigenvalue weighted by atomic mass is 9.89. The predicted octanol–water partition coefficient (Wildman–Crippen LogP) is 18.1. The van der Waals surface area contributed by atoms with Crippen LogP contribution in [0.2, 0.25) is 0 Å². The van der Waals surface area contributed by atoms with Crippen molar-refractivity contribution in [1.29, 1.82) is 0 Å². The van der Waals surface area contributed by atoms with E-state index in [4.69, 9.17) is 23.6 Å². The summed E-state index contributed by atoms with van der Waals surface area (Å²) in [4.78, 5) is 34.3. The number of hydrogen-bond acceptors (Lipinski definition) is 22. The molecule has 0 atom stereocenters. The highest BCUT2D eigenvalue weighted by molar-refractivity contribution is 6.01. The zero-order chi connectivity index (χ0) is 89.8. The molecule has 1 fully saturated rings. The van der Waals surface area contributed by atoms with Gasteiger partial charge in [0.1, 0.15) is 55.2 Å². The largest absolute Gasteiger partial charge is 0.492 e. The number of hydrogen-bond donors (Lipinski definition) is 10. The van der Waals surface area contributed by atoms with Crippen LogP contribution in [0.4, 0.5) is 0 Å². The number of fused-ring (bicyclic) bond motifs is 5. The number of nitrogens with zero attached hydrogens (tertiary/aromatic N) is 17. The number of aromatic amines is 9. The average Bonchev–Trinajstić information content (AvgIpc) is 1.65. The van der Waals surface area contributed by atoms with Gasteiger partial charge in [0.05, 0.1) is 63.6 Å². The first-order chi connectivity index (χ1) is 63.2. The number of likely N-dealkylation sites (N-methyl/N-ethyl adjacent to an activating group) is 1. The zero-order valence-corrected chi connectivity index (χ0v) is 73.9. The quantitative estimate of drug-likeness (QED) is 0.0319. The number of aryl methyl sites for hydroxylation is 3. The molecule has 32 nitrogen and oxygen atoms in total. The SMILES string of the molecule is CC(C)(C)NC(=O)c1cccc(-c2n[nH]c3ccc(-c4ncn[nH]4)cc23)c1.CCC(C)(C)c1nc(-c2ccc3[nH]nc(-c4ccc(C)cc4)c3c2)n[nH]1.CN(C)CCOc1ccc(-c2n[nH]c3ccc(-c4ncn[nH]4)cc23)cc1.Cc1ccc(-c2n[nH]c3ccc(-c4nnc(C)o4)cc23)cc1.c1cc(OCCN2CCOCC2)cc(-c2n[nH]c3ccc(-c4ncn[nH]4)cc23)c1. The summed E-state index contributed by atoms with van der Waals surface area (Å²) in [6.45, 7) is 25.0. The molecule has 11 heterocycles. The molecule has 10 N–H and O–H groups in total. The standard InChI is InChI=1S/C21H22N6O2.C21H23N5.C20H20N6O.C19H20N6O.C17H14N4O/c1-2-15(12-17(3-1)29-11-8-27-6-9-28-10-7-27)20-18-13-16(21-22-14-23-26-21)4-5-19(18)24-25-20;1-5-21(3,4)20-22-19(25-26-20)15-10-11-17-16(12-15)18(24-23-17)14-8-6-13(2)7-9-14;1-20(2,3)23-19(27)14-6-4-5-12(9-14)17-15-10-13(18-21-11-22-26-18)7-8-16(15)24-25-17;1-25(2)9-10-26-15-6-3-13(4-7-15)18-16-11-14(19-20-12-21-24-19)5-8-17(16)22-23-18;1-10-3-5-12(6-4-10)16-14-9-13(7-8-15(14)19-20-16)17-21-18-11(2)22-17/h1-5,12-14H,6-11H2,(H,24,25)(H,22,23,26);6-12H,5H2,1-4H3,(H,23,24)(H,22,25,26);4-11H,1-3H3,(H,23,27)(H,24,25)(H,21,22,26);3-8,11-12H,9-10H2,1-2H3,(H,22,23)(H,20,21,24);3-9H,1-2H3,(H,19,20). The molecule has 0 bridgehead atoms. The summed E-state index contributed by atoms with van der Waals surface area (Å²) in [5, 5.41) is 81.9. The number of ether oxygens (including phenoxy) is 3. The van der Waals surface area contributed by atoms with E-state index in [2.05, 4.69) is 233 Å². The summed E-state index contributed by atoms with van der Waals surface area (Å²) in [5.41, 5.74) is 21.9. The fraction of sp³-hybridized carbons (Fsp3) is 0.224. The number of benzene rings is 10. The smallest absolute Gasteiger partial charge is 0.251 e. The van der Waals surface area contributed by atoms with Crippen molar-refractivity contribution in [3.05, 3.63) is 260 Å². The van der Waals surface area contributed by atoms with Crippen molar-refractivity contribution < 1.29 is 23.4 Å². The van der Waals surface area contributed by atoms with Crippen molar-refractivity contribution in [2.24, 2.45) is 0 Å². The Bertz CT molecular complexity index is 7170. The van der Waals surface area contributed by atoms with Gasteiger partial charge in [0.15, 0.2) is 23.3 Å². The molecule has 0 spiro atoms. The maximum atomic E-state index is 12.5. The molecule has 1 saturated heterocycles. The van der Waals surface area contributed by atoms with Gasteiger partial charge in [-0.1, -0.05) is 105 Å². The molecule has 1 aliphatic rings. The number of morpholine rings is 1. The number of rotatable bonds is 21. The Morgan fingerprint density at radius 2 is 0.862 bits per heavy atom. The first-order valence-corrected chi connectivity index (χ1v) is 42.9. The zero-order valence-electron chi connectivity index (χ0n) is 73.9. The molecule has 656 valence electrons. The van der Waals surface area contributed by atoms with E-state index in [1.54, 1.807) is 13.0 Å². The van der Waals surface area contributed by atoms with Gasteiger partial charge in [-0.15, -0.1) is 10.2 Å². The van der Waals surface area contributed by atoms with Gasteiger partial charge >= 0.3 is 0 Å². The number of carbonyl (C=O) groups excluding carboxylic acids is 1. The second kappa shape index (κ2) is 38.6. The number of amides is 1. The molecule has 0 unspecified atom stereocenters. The highest BCUT2D eigenvalue weighted by Crippen LogP contribution is 2.38. The molecule has 32 heteroatoms. The van der Waals surface area contributed by atoms with Crippen LogP contribution < -0.4 is 14.8 Å². The Morgan fingerprint density at radius 3 is 1.31 bits per heavy atom. The second-order valence-corrected chi connectivity index (χ2v) is 33.6. The summed E-state index contributed by atoms with van der Waals surface area (Å²) < 4.78 is 22.6. The minimum atomic E-state index is -0.294. The van der Waals surface area contributed by atoms with Gasteiger partial charge in [-0.25, -0.2) is 19.9 Å². The average molecular weight is 1740 g/mol. The number of aromatic nitrogens is 24. The molecule has 10 aromatic carbocycles. The minimum Gasteiger partial charge on any atom is -0.492 e. The fourth-order valence-electron chi connectivity index (χ4n) is 14.7. The van der Waals surface area contributed by atoms with Crippen LogP contribution in [-0.2, 0) is 10.2 Å². The van der Waals surface area contributed by atoms with Crippen molar-refractivity contribution in [3.63, 3.8) is 0 Å². The van der Waals surface area contributed by atoms with Crippen molar-refractivity contribution >= 4 is 60.4 Å². The van der Waals surface area contributed by atoms with Crippen molar-refractivity contribution in [3.8, 4) is 125 Å². The lowest BCUT2D eigenvalue weighted by molar-refractivity contribution is 0.0322. The van der Waals surface area contributed by atoms with E-state index in [1.165, 1.54) is 30.1 Å². The molecular formula is C98H99N27O5. The third-order valence-corrected chi connectivity index (χ3v) is 22.3. The van der Waals surface area contributed by atoms with Gasteiger partial charge in [-0.3, -0.25) is 55.6 Å². The molecule has 1 aliphatic heterocycles. The molecule has 10 aromatic heterocycles. The first kappa shape index (κ1) is 86.3. The van der Waals surface area contributed by atoms with Gasteiger partial charge in [0.25, 0.3) is 5.91 Å². The van der Waals surface area contributed by atoms with E-state index < -0.39 is 0 Å². The summed E-state index contributed by atoms with van der Waals surface area (Å²) in [5.74, 6) is 6.49. The van der Waals surface area contributed by atoms with Gasteiger partial charge in [0, 0.05) is 132 Å². The Kier molecular flexibility index (Phi) is 25.6. The highest BCUT2D eigenvalue weighted by Gasteiger charge is 2.25. The van der Waals surface area contributed by atoms with Gasteiger partial charge in [-0.05, 0) is 195 Å². The van der Waals surface area contributed by atoms with E-state index in [-0.39, 0.29) is 16.9 Å². The van der Waals surface area contributed by atoms with Crippen LogP contribution in [0.25, 0.3) is 168 Å². The maximum absolute atomic E-state index is 12.5. The Hall–Kier alpha value is -15.8. The van der Waals surface area contributed by atoms with E-state index >= 15 is 0 Å². The minimum absolute atomic E-state index is 0.0158. The van der Waals surface area contributed by atoms with Crippen molar-refractivity contribution in [2.75, 3.05) is 66.7 Å². The van der Waals surface area contributed by atoms with Gasteiger partial charge < -0.3 is 28.8 Å². The van der Waals surface area contributed by atoms with Gasteiger partial charge in [0.2, 0.25) is 11.8 Å². The van der Waals surface area contributed by atoms with E-state index in [0.29, 0.717) is 36.4 Å². The molecule has 130 heavy (non-hydrogen) atoms. The van der Waals surface area contributed by atoms with Crippen LogP contribution in [-0.4, -0.2) is 210 Å². The van der Waals surface area contributed by atoms with Crippen LogP contribution >= 0.6 is 0 Å².